The molecule has 1 aliphatic rings. The van der Waals surface area contributed by atoms with Crippen molar-refractivity contribution < 1.29 is 17.6 Å². The van der Waals surface area contributed by atoms with Crippen molar-refractivity contribution in [3.8, 4) is 0 Å². The number of sulfonamides is 1. The quantitative estimate of drug-likeness (QED) is 0.781. The molecule has 1 atom stereocenters. The van der Waals surface area contributed by atoms with Gasteiger partial charge in [-0.3, -0.25) is 4.79 Å². The largest absolute Gasteiger partial charge is 0.360 e. The van der Waals surface area contributed by atoms with Gasteiger partial charge in [0.2, 0.25) is 10.0 Å². The van der Waals surface area contributed by atoms with Gasteiger partial charge in [0.05, 0.1) is 5.69 Å². The zero-order chi connectivity index (χ0) is 16.6. The summed E-state index contributed by atoms with van der Waals surface area (Å²) >= 11 is 0. The summed E-state index contributed by atoms with van der Waals surface area (Å²) in [5.74, 6) is -0.997. The molecule has 0 saturated carbocycles. The molecule has 3 N–H and O–H groups in total. The van der Waals surface area contributed by atoms with Gasteiger partial charge in [0, 0.05) is 5.69 Å². The number of hydrogen-bond donors (Lipinski definition) is 3. The van der Waals surface area contributed by atoms with E-state index in [1.807, 2.05) is 0 Å². The molecule has 2 aromatic carbocycles. The van der Waals surface area contributed by atoms with Gasteiger partial charge in [0.1, 0.15) is 10.7 Å². The number of aryl methyl sites for hydroxylation is 1. The van der Waals surface area contributed by atoms with E-state index in [0.29, 0.717) is 16.9 Å². The van der Waals surface area contributed by atoms with E-state index in [1.165, 1.54) is 24.3 Å². The third-order valence-electron chi connectivity index (χ3n) is 3.46. The number of halogens is 1. The minimum atomic E-state index is -3.78. The van der Waals surface area contributed by atoms with Crippen molar-refractivity contribution in [1.82, 2.24) is 4.72 Å². The summed E-state index contributed by atoms with van der Waals surface area (Å²) < 4.78 is 39.7. The number of carbonyl (C=O) groups excluding carboxylic acids is 1. The van der Waals surface area contributed by atoms with Crippen molar-refractivity contribution in [1.29, 1.82) is 0 Å². The lowest BCUT2D eigenvalue weighted by atomic mass is 10.2. The first-order valence-electron chi connectivity index (χ1n) is 6.82. The van der Waals surface area contributed by atoms with Gasteiger partial charge in [0.15, 0.2) is 6.17 Å². The molecular formula is C15H14FN3O3S. The van der Waals surface area contributed by atoms with Crippen molar-refractivity contribution in [2.75, 3.05) is 10.6 Å². The van der Waals surface area contributed by atoms with Gasteiger partial charge in [-0.15, -0.1) is 0 Å². The zero-order valence-corrected chi connectivity index (χ0v) is 12.9. The molecule has 23 heavy (non-hydrogen) atoms. The number of benzene rings is 2. The van der Waals surface area contributed by atoms with Crippen molar-refractivity contribution in [2.24, 2.45) is 0 Å². The van der Waals surface area contributed by atoms with Gasteiger partial charge in [0.25, 0.3) is 5.91 Å². The molecule has 8 heteroatoms. The van der Waals surface area contributed by atoms with Crippen LogP contribution >= 0.6 is 0 Å². The normalized spacial score (nSPS) is 18.6. The van der Waals surface area contributed by atoms with E-state index in [9.17, 15) is 17.6 Å². The Bertz CT molecular complexity index is 883. The molecule has 0 aromatic heterocycles. The van der Waals surface area contributed by atoms with Gasteiger partial charge < -0.3 is 10.6 Å². The molecule has 1 heterocycles. The van der Waals surface area contributed by atoms with E-state index in [-0.39, 0.29) is 4.90 Å². The fraction of sp³-hybridized carbons (Fsp3) is 0.133. The second-order valence-electron chi connectivity index (χ2n) is 5.14. The molecule has 1 aliphatic heterocycles. The average molecular weight is 335 g/mol. The topological polar surface area (TPSA) is 87.3 Å². The molecule has 0 bridgehead atoms. The molecule has 0 spiro atoms. The van der Waals surface area contributed by atoms with E-state index in [0.717, 1.165) is 0 Å². The van der Waals surface area contributed by atoms with Crippen molar-refractivity contribution in [3.05, 3.63) is 53.8 Å². The molecule has 0 fully saturated rings. The van der Waals surface area contributed by atoms with Crippen LogP contribution in [-0.2, 0) is 14.8 Å². The van der Waals surface area contributed by atoms with Gasteiger partial charge in [-0.25, -0.2) is 12.8 Å². The van der Waals surface area contributed by atoms with E-state index >= 15 is 0 Å². The molecule has 2 aromatic rings. The van der Waals surface area contributed by atoms with Crippen LogP contribution in [0.2, 0.25) is 0 Å². The summed E-state index contributed by atoms with van der Waals surface area (Å²) in [4.78, 5) is 12.4. The van der Waals surface area contributed by atoms with E-state index in [4.69, 9.17) is 0 Å². The van der Waals surface area contributed by atoms with Crippen LogP contribution in [0.25, 0.3) is 0 Å². The number of rotatable bonds is 2. The van der Waals surface area contributed by atoms with Crippen molar-refractivity contribution in [2.45, 2.75) is 18.0 Å². The lowest BCUT2D eigenvalue weighted by Gasteiger charge is -2.27. The fourth-order valence-corrected chi connectivity index (χ4v) is 3.59. The Hall–Kier alpha value is -2.45. The fourth-order valence-electron chi connectivity index (χ4n) is 2.32. The highest BCUT2D eigenvalue weighted by molar-refractivity contribution is 7.89. The number of fused-ring (bicyclic) bond motifs is 1. The molecular weight excluding hydrogens is 321 g/mol. The Morgan fingerprint density at radius 2 is 1.96 bits per heavy atom. The summed E-state index contributed by atoms with van der Waals surface area (Å²) in [7, 11) is -3.78. The lowest BCUT2D eigenvalue weighted by molar-refractivity contribution is -0.117. The molecule has 120 valence electrons. The van der Waals surface area contributed by atoms with Crippen molar-refractivity contribution in [3.63, 3.8) is 0 Å². The summed E-state index contributed by atoms with van der Waals surface area (Å²) in [6, 6.07) is 10.2. The third kappa shape index (κ3) is 3.03. The molecule has 3 rings (SSSR count). The zero-order valence-electron chi connectivity index (χ0n) is 12.1. The maximum atomic E-state index is 13.1. The third-order valence-corrected chi connectivity index (χ3v) is 4.94. The van der Waals surface area contributed by atoms with Crippen LogP contribution in [0.15, 0.2) is 47.4 Å². The van der Waals surface area contributed by atoms with E-state index in [2.05, 4.69) is 15.4 Å². The summed E-state index contributed by atoms with van der Waals surface area (Å²) in [5.41, 5.74) is 1.30. The molecule has 0 unspecified atom stereocenters. The van der Waals surface area contributed by atoms with Crippen molar-refractivity contribution >= 4 is 27.3 Å². The average Bonchev–Trinajstić information content (AvgIpc) is 2.49. The minimum Gasteiger partial charge on any atom is -0.360 e. The van der Waals surface area contributed by atoms with E-state index < -0.39 is 27.9 Å². The maximum absolute atomic E-state index is 13.1. The van der Waals surface area contributed by atoms with Gasteiger partial charge in [-0.05, 0) is 42.8 Å². The highest BCUT2D eigenvalue weighted by atomic mass is 32.2. The Morgan fingerprint density at radius 3 is 2.70 bits per heavy atom. The molecule has 0 saturated heterocycles. The standard InChI is InChI=1S/C15H14FN3O3S/c1-9-8-10(16)6-7-11(9)18-15(20)14-17-12-4-2-3-5-13(12)23(21,22)19-14/h2-8,14,17,19H,1H3,(H,18,20)/t14-/m1/s1. The van der Waals surface area contributed by atoms with E-state index in [1.54, 1.807) is 25.1 Å². The van der Waals surface area contributed by atoms with Crippen LogP contribution in [0.5, 0.6) is 0 Å². The Labute approximate surface area is 132 Å². The van der Waals surface area contributed by atoms with Crippen LogP contribution in [-0.4, -0.2) is 20.5 Å². The van der Waals surface area contributed by atoms with Gasteiger partial charge >= 0.3 is 0 Å². The predicted octanol–water partition coefficient (Wildman–Crippen LogP) is 1.80. The van der Waals surface area contributed by atoms with Gasteiger partial charge in [-0.2, -0.15) is 4.72 Å². The smallest absolute Gasteiger partial charge is 0.262 e. The highest BCUT2D eigenvalue weighted by Gasteiger charge is 2.32. The van der Waals surface area contributed by atoms with Crippen LogP contribution < -0.4 is 15.4 Å². The van der Waals surface area contributed by atoms with Crippen LogP contribution in [0, 0.1) is 12.7 Å². The molecule has 0 aliphatic carbocycles. The molecule has 6 nitrogen and oxygen atoms in total. The number of hydrogen-bond acceptors (Lipinski definition) is 4. The lowest BCUT2D eigenvalue weighted by Crippen LogP contribution is -2.51. The molecule has 0 radical (unpaired) electrons. The number of amides is 1. The van der Waals surface area contributed by atoms with Crippen LogP contribution in [0.4, 0.5) is 15.8 Å². The summed E-state index contributed by atoms with van der Waals surface area (Å²) in [6.45, 7) is 1.65. The monoisotopic (exact) mass is 335 g/mol. The predicted molar refractivity (Wildman–Crippen MR) is 83.9 cm³/mol. The van der Waals surface area contributed by atoms with Crippen LogP contribution in [0.3, 0.4) is 0 Å². The summed E-state index contributed by atoms with van der Waals surface area (Å²) in [5, 5.41) is 5.41. The highest BCUT2D eigenvalue weighted by Crippen LogP contribution is 2.25. The Morgan fingerprint density at radius 1 is 1.22 bits per heavy atom. The minimum absolute atomic E-state index is 0.0852. The first-order valence-corrected chi connectivity index (χ1v) is 8.30. The van der Waals surface area contributed by atoms with Crippen LogP contribution in [0.1, 0.15) is 5.56 Å². The summed E-state index contributed by atoms with van der Waals surface area (Å²) in [6.07, 6.45) is -1.15. The second kappa shape index (κ2) is 5.64. The van der Waals surface area contributed by atoms with Gasteiger partial charge in [-0.1, -0.05) is 12.1 Å². The maximum Gasteiger partial charge on any atom is 0.262 e. The second-order valence-corrected chi connectivity index (χ2v) is 6.83. The number of anilines is 2. The number of carbonyl (C=O) groups is 1. The Kier molecular flexibility index (Phi) is 3.78. The number of nitrogens with one attached hydrogen (secondary N) is 3. The first kappa shape index (κ1) is 15.4. The SMILES string of the molecule is Cc1cc(F)ccc1NC(=O)[C@@H]1Nc2ccccc2S(=O)(=O)N1. The Balaban J connectivity index is 1.84. The molecule has 1 amide bonds. The first-order chi connectivity index (χ1) is 10.9. The number of para-hydroxylation sites is 1.